The Bertz CT molecular complexity index is 252. The topological polar surface area (TPSA) is 37.0 Å². The van der Waals surface area contributed by atoms with E-state index in [4.69, 9.17) is 0 Å². The molecule has 72 valence electrons. The molecule has 2 N–H and O–H groups in total. The Labute approximate surface area is 82.6 Å². The summed E-state index contributed by atoms with van der Waals surface area (Å²) in [7, 11) is 0. The van der Waals surface area contributed by atoms with Crippen molar-refractivity contribution in [3.05, 3.63) is 16.6 Å². The molecule has 1 saturated heterocycles. The van der Waals surface area contributed by atoms with E-state index < -0.39 is 0 Å². The first-order valence-electron chi connectivity index (χ1n) is 4.62. The minimum atomic E-state index is 0.282. The average molecular weight is 197 g/mol. The first-order valence-corrected chi connectivity index (χ1v) is 5.50. The van der Waals surface area contributed by atoms with E-state index in [0.717, 1.165) is 19.6 Å². The number of thiazole rings is 1. The maximum Gasteiger partial charge on any atom is 0.0794 e. The van der Waals surface area contributed by atoms with Gasteiger partial charge in [-0.05, 0) is 19.9 Å². The highest BCUT2D eigenvalue weighted by Crippen LogP contribution is 2.15. The molecule has 0 bridgehead atoms. The van der Waals surface area contributed by atoms with Gasteiger partial charge in [-0.1, -0.05) is 0 Å². The molecule has 1 aliphatic heterocycles. The van der Waals surface area contributed by atoms with Gasteiger partial charge in [0.15, 0.2) is 0 Å². The van der Waals surface area contributed by atoms with E-state index in [1.54, 1.807) is 11.3 Å². The van der Waals surface area contributed by atoms with Crippen LogP contribution in [-0.2, 0) is 6.54 Å². The van der Waals surface area contributed by atoms with Crippen LogP contribution in [0.5, 0.6) is 0 Å². The van der Waals surface area contributed by atoms with Gasteiger partial charge in [0.1, 0.15) is 0 Å². The second-order valence-electron chi connectivity index (χ2n) is 3.81. The molecule has 4 heteroatoms. The smallest absolute Gasteiger partial charge is 0.0794 e. The number of rotatable bonds is 3. The molecular formula is C9H15N3S. The molecule has 0 amide bonds. The summed E-state index contributed by atoms with van der Waals surface area (Å²) < 4.78 is 0. The summed E-state index contributed by atoms with van der Waals surface area (Å²) in [6, 6.07) is 0. The molecule has 0 aromatic carbocycles. The molecular weight excluding hydrogens is 182 g/mol. The third kappa shape index (κ3) is 2.27. The average Bonchev–Trinajstić information content (AvgIpc) is 2.72. The first kappa shape index (κ1) is 9.12. The molecule has 2 rings (SSSR count). The van der Waals surface area contributed by atoms with Crippen LogP contribution in [0.25, 0.3) is 0 Å². The van der Waals surface area contributed by atoms with Gasteiger partial charge in [-0.3, -0.25) is 4.98 Å². The molecule has 0 aliphatic carbocycles. The third-order valence-electron chi connectivity index (χ3n) is 2.54. The van der Waals surface area contributed by atoms with Gasteiger partial charge in [-0.25, -0.2) is 0 Å². The van der Waals surface area contributed by atoms with Crippen molar-refractivity contribution in [1.82, 2.24) is 15.6 Å². The minimum Gasteiger partial charge on any atom is -0.315 e. The first-order chi connectivity index (χ1) is 6.29. The predicted octanol–water partition coefficient (Wildman–Crippen LogP) is 0.985. The lowest BCUT2D eigenvalue weighted by Gasteiger charge is -2.23. The summed E-state index contributed by atoms with van der Waals surface area (Å²) >= 11 is 1.71. The Hall–Kier alpha value is -0.450. The number of hydrogen-bond donors (Lipinski definition) is 2. The van der Waals surface area contributed by atoms with Crippen LogP contribution in [-0.4, -0.2) is 23.6 Å². The van der Waals surface area contributed by atoms with Gasteiger partial charge in [0, 0.05) is 29.7 Å². The summed E-state index contributed by atoms with van der Waals surface area (Å²) in [6.45, 7) is 5.43. The molecule has 13 heavy (non-hydrogen) atoms. The number of nitrogens with zero attached hydrogens (tertiary/aromatic N) is 1. The monoisotopic (exact) mass is 197 g/mol. The summed E-state index contributed by atoms with van der Waals surface area (Å²) in [5, 5.41) is 6.94. The molecule has 1 unspecified atom stereocenters. The fraction of sp³-hybridized carbons (Fsp3) is 0.667. The zero-order valence-corrected chi connectivity index (χ0v) is 8.66. The highest BCUT2D eigenvalue weighted by molar-refractivity contribution is 7.09. The van der Waals surface area contributed by atoms with E-state index in [2.05, 4.69) is 22.5 Å². The summed E-state index contributed by atoms with van der Waals surface area (Å²) in [4.78, 5) is 5.37. The van der Waals surface area contributed by atoms with Gasteiger partial charge < -0.3 is 10.6 Å². The highest BCUT2D eigenvalue weighted by atomic mass is 32.1. The molecule has 0 spiro atoms. The highest BCUT2D eigenvalue weighted by Gasteiger charge is 2.27. The van der Waals surface area contributed by atoms with Crippen LogP contribution < -0.4 is 10.6 Å². The molecule has 1 aromatic rings. The van der Waals surface area contributed by atoms with E-state index in [0.29, 0.717) is 0 Å². The molecule has 3 nitrogen and oxygen atoms in total. The van der Waals surface area contributed by atoms with Crippen molar-refractivity contribution in [3.8, 4) is 0 Å². The molecule has 0 radical (unpaired) electrons. The van der Waals surface area contributed by atoms with Crippen LogP contribution in [0, 0.1) is 0 Å². The van der Waals surface area contributed by atoms with Crippen LogP contribution in [0.2, 0.25) is 0 Å². The largest absolute Gasteiger partial charge is 0.315 e. The van der Waals surface area contributed by atoms with Crippen molar-refractivity contribution in [2.45, 2.75) is 25.4 Å². The van der Waals surface area contributed by atoms with Gasteiger partial charge in [-0.2, -0.15) is 0 Å². The zero-order valence-electron chi connectivity index (χ0n) is 7.84. The molecule has 1 aromatic heterocycles. The van der Waals surface area contributed by atoms with Crippen molar-refractivity contribution in [1.29, 1.82) is 0 Å². The molecule has 2 heterocycles. The number of nitrogens with one attached hydrogen (secondary N) is 2. The third-order valence-corrected chi connectivity index (χ3v) is 3.32. The van der Waals surface area contributed by atoms with Crippen LogP contribution in [0.15, 0.2) is 11.7 Å². The van der Waals surface area contributed by atoms with Gasteiger partial charge in [-0.15, -0.1) is 11.3 Å². The van der Waals surface area contributed by atoms with E-state index in [1.165, 1.54) is 11.3 Å². The molecule has 0 saturated carbocycles. The van der Waals surface area contributed by atoms with Crippen LogP contribution in [0.4, 0.5) is 0 Å². The van der Waals surface area contributed by atoms with Crippen LogP contribution in [0.1, 0.15) is 18.2 Å². The van der Waals surface area contributed by atoms with E-state index in [-0.39, 0.29) is 5.54 Å². The summed E-state index contributed by atoms with van der Waals surface area (Å²) in [5.74, 6) is 0. The Morgan fingerprint density at radius 2 is 2.69 bits per heavy atom. The van der Waals surface area contributed by atoms with Gasteiger partial charge >= 0.3 is 0 Å². The lowest BCUT2D eigenvalue weighted by atomic mass is 10.0. The maximum absolute atomic E-state index is 4.05. The quantitative estimate of drug-likeness (QED) is 0.758. The second kappa shape index (κ2) is 3.74. The zero-order chi connectivity index (χ0) is 9.15. The molecule has 1 fully saturated rings. The fourth-order valence-electron chi connectivity index (χ4n) is 1.60. The predicted molar refractivity (Wildman–Crippen MR) is 54.8 cm³/mol. The van der Waals surface area contributed by atoms with Gasteiger partial charge in [0.2, 0.25) is 0 Å². The lowest BCUT2D eigenvalue weighted by molar-refractivity contribution is 0.387. The Balaban J connectivity index is 1.85. The Morgan fingerprint density at radius 3 is 3.31 bits per heavy atom. The van der Waals surface area contributed by atoms with E-state index >= 15 is 0 Å². The summed E-state index contributed by atoms with van der Waals surface area (Å²) in [6.07, 6.45) is 3.15. The normalized spacial score (nSPS) is 28.1. The van der Waals surface area contributed by atoms with Crippen LogP contribution in [0.3, 0.4) is 0 Å². The maximum atomic E-state index is 4.05. The second-order valence-corrected chi connectivity index (χ2v) is 4.78. The number of aromatic nitrogens is 1. The van der Waals surface area contributed by atoms with Crippen molar-refractivity contribution in [3.63, 3.8) is 0 Å². The van der Waals surface area contributed by atoms with Crippen molar-refractivity contribution in [2.75, 3.05) is 13.1 Å². The van der Waals surface area contributed by atoms with E-state index in [1.807, 2.05) is 11.7 Å². The van der Waals surface area contributed by atoms with Gasteiger partial charge in [0.05, 0.1) is 5.51 Å². The van der Waals surface area contributed by atoms with Crippen molar-refractivity contribution in [2.24, 2.45) is 0 Å². The fourth-order valence-corrected chi connectivity index (χ4v) is 2.13. The molecule has 1 aliphatic rings. The molecule has 1 atom stereocenters. The standard InChI is InChI=1S/C9H15N3S/c1-9(2-3-10-6-9)12-5-8-4-11-7-13-8/h4,7,10,12H,2-3,5-6H2,1H3. The van der Waals surface area contributed by atoms with Crippen molar-refractivity contribution < 1.29 is 0 Å². The van der Waals surface area contributed by atoms with Crippen LogP contribution >= 0.6 is 11.3 Å². The minimum absolute atomic E-state index is 0.282. The van der Waals surface area contributed by atoms with Gasteiger partial charge in [0.25, 0.3) is 0 Å². The van der Waals surface area contributed by atoms with Crippen molar-refractivity contribution >= 4 is 11.3 Å². The number of hydrogen-bond acceptors (Lipinski definition) is 4. The summed E-state index contributed by atoms with van der Waals surface area (Å²) in [5.41, 5.74) is 2.16. The SMILES string of the molecule is CC1(NCc2cncs2)CCNC1. The Morgan fingerprint density at radius 1 is 1.77 bits per heavy atom. The lowest BCUT2D eigenvalue weighted by Crippen LogP contribution is -2.43. The Kier molecular flexibility index (Phi) is 2.62. The van der Waals surface area contributed by atoms with E-state index in [9.17, 15) is 0 Å².